The van der Waals surface area contributed by atoms with E-state index in [0.29, 0.717) is 17.8 Å². The van der Waals surface area contributed by atoms with Crippen molar-refractivity contribution in [1.82, 2.24) is 5.32 Å². The standard InChI is InChI=1S/C51H36N4O2/c1-3-13-31(14-4-1)49-52-50(32-15-5-2-6-16-32)54-51(53-49)40-21-11-20-38-41-29-33(25-28-44(41)57-48(38)40)35-19-12-24-45-47(35)39-27-26-34(30-46(39)56-45)55-42-22-9-7-17-36(42)37-18-8-10-23-43(37)55/h1-7,9-17,19-30,37,43,51H,8,18H2,(H,52,53,54). The third-order valence-corrected chi connectivity index (χ3v) is 12.0. The molecule has 1 aliphatic carbocycles. The number of fused-ring (bicyclic) bond motifs is 9. The molecule has 1 N–H and O–H groups in total. The number of aliphatic imine (C=N–C) groups is 2. The van der Waals surface area contributed by atoms with Crippen molar-refractivity contribution in [2.24, 2.45) is 9.98 Å². The number of hydrogen-bond acceptors (Lipinski definition) is 6. The zero-order chi connectivity index (χ0) is 37.5. The second-order valence-corrected chi connectivity index (χ2v) is 15.2. The molecule has 0 fully saturated rings. The summed E-state index contributed by atoms with van der Waals surface area (Å²) >= 11 is 0. The maximum atomic E-state index is 6.70. The molecular formula is C51H36N4O2. The van der Waals surface area contributed by atoms with Gasteiger partial charge in [0, 0.05) is 61.6 Å². The molecule has 12 rings (SSSR count). The van der Waals surface area contributed by atoms with Crippen LogP contribution in [0, 0.1) is 0 Å². The minimum absolute atomic E-state index is 0.316. The van der Waals surface area contributed by atoms with Crippen molar-refractivity contribution >= 4 is 66.9 Å². The fraction of sp³-hybridized carbons (Fsp3) is 0.0980. The van der Waals surface area contributed by atoms with Crippen LogP contribution in [0.1, 0.15) is 47.2 Å². The Hall–Kier alpha value is -7.18. The lowest BCUT2D eigenvalue weighted by molar-refractivity contribution is 0.572. The highest BCUT2D eigenvalue weighted by atomic mass is 16.3. The molecule has 4 heterocycles. The number of furan rings is 2. The summed E-state index contributed by atoms with van der Waals surface area (Å²) in [7, 11) is 0. The molecule has 3 atom stereocenters. The molecule has 7 aromatic carbocycles. The van der Waals surface area contributed by atoms with Gasteiger partial charge in [0.25, 0.3) is 0 Å². The molecule has 0 saturated heterocycles. The number of rotatable bonds is 5. The summed E-state index contributed by atoms with van der Waals surface area (Å²) in [6.07, 6.45) is 6.63. The van der Waals surface area contributed by atoms with Crippen LogP contribution in [0.3, 0.4) is 0 Å². The molecule has 0 saturated carbocycles. The molecule has 6 heteroatoms. The number of hydrogen-bond donors (Lipinski definition) is 1. The van der Waals surface area contributed by atoms with Crippen LogP contribution in [-0.2, 0) is 0 Å². The van der Waals surface area contributed by atoms with Gasteiger partial charge in [-0.05, 0) is 65.9 Å². The van der Waals surface area contributed by atoms with E-state index in [4.69, 9.17) is 18.8 Å². The van der Waals surface area contributed by atoms with Crippen molar-refractivity contribution in [3.8, 4) is 11.1 Å². The summed E-state index contributed by atoms with van der Waals surface area (Å²) in [5.74, 6) is 1.97. The van der Waals surface area contributed by atoms with Gasteiger partial charge in [-0.1, -0.05) is 127 Å². The number of allylic oxidation sites excluding steroid dienone is 1. The highest BCUT2D eigenvalue weighted by molar-refractivity contribution is 6.16. The third kappa shape index (κ3) is 5.10. The number of nitrogens with zero attached hydrogens (tertiary/aromatic N) is 3. The Kier molecular flexibility index (Phi) is 7.14. The van der Waals surface area contributed by atoms with Gasteiger partial charge < -0.3 is 19.1 Å². The quantitative estimate of drug-likeness (QED) is 0.179. The Labute approximate surface area is 329 Å². The van der Waals surface area contributed by atoms with E-state index in [-0.39, 0.29) is 0 Å². The van der Waals surface area contributed by atoms with Gasteiger partial charge in [-0.3, -0.25) is 0 Å². The largest absolute Gasteiger partial charge is 0.456 e. The van der Waals surface area contributed by atoms with Crippen molar-refractivity contribution in [2.45, 2.75) is 31.0 Å². The molecular weight excluding hydrogens is 701 g/mol. The van der Waals surface area contributed by atoms with Gasteiger partial charge in [-0.2, -0.15) is 0 Å². The Balaban J connectivity index is 0.949. The van der Waals surface area contributed by atoms with E-state index < -0.39 is 6.17 Å². The van der Waals surface area contributed by atoms with Crippen LogP contribution in [0.25, 0.3) is 55.0 Å². The van der Waals surface area contributed by atoms with Gasteiger partial charge in [-0.25, -0.2) is 9.98 Å². The maximum absolute atomic E-state index is 6.70. The average molecular weight is 737 g/mol. The minimum atomic E-state index is -0.401. The first-order valence-corrected chi connectivity index (χ1v) is 19.7. The first kappa shape index (κ1) is 32.1. The van der Waals surface area contributed by atoms with E-state index in [1.807, 2.05) is 36.4 Å². The molecule has 2 aromatic heterocycles. The van der Waals surface area contributed by atoms with E-state index in [2.05, 4.69) is 144 Å². The van der Waals surface area contributed by atoms with Gasteiger partial charge in [0.2, 0.25) is 0 Å². The van der Waals surface area contributed by atoms with Crippen molar-refractivity contribution in [2.75, 3.05) is 4.90 Å². The van der Waals surface area contributed by atoms with Gasteiger partial charge in [0.15, 0.2) is 12.0 Å². The zero-order valence-electron chi connectivity index (χ0n) is 31.0. The molecule has 9 aromatic rings. The van der Waals surface area contributed by atoms with Crippen molar-refractivity contribution < 1.29 is 8.83 Å². The fourth-order valence-electron chi connectivity index (χ4n) is 9.39. The fourth-order valence-corrected chi connectivity index (χ4v) is 9.39. The van der Waals surface area contributed by atoms with Gasteiger partial charge in [-0.15, -0.1) is 0 Å². The zero-order valence-corrected chi connectivity index (χ0v) is 31.0. The first-order chi connectivity index (χ1) is 28.2. The predicted molar refractivity (Wildman–Crippen MR) is 232 cm³/mol. The van der Waals surface area contributed by atoms with Crippen LogP contribution in [-0.4, -0.2) is 17.7 Å². The topological polar surface area (TPSA) is 66.3 Å². The number of amidine groups is 2. The molecule has 6 nitrogen and oxygen atoms in total. The van der Waals surface area contributed by atoms with Crippen LogP contribution in [0.4, 0.5) is 11.4 Å². The van der Waals surface area contributed by atoms with E-state index in [0.717, 1.165) is 89.6 Å². The highest BCUT2D eigenvalue weighted by Crippen LogP contribution is 2.50. The van der Waals surface area contributed by atoms with E-state index in [9.17, 15) is 0 Å². The summed E-state index contributed by atoms with van der Waals surface area (Å²) in [4.78, 5) is 12.6. The SMILES string of the molecule is C1=CC2C(CC1)c1ccccc1N2c1ccc2c(c1)oc1cccc(-c3ccc4oc5c(C6N=C(c7ccccc7)N=C(c7ccccc7)N6)cccc5c4c3)c12. The Morgan fingerprint density at radius 2 is 1.40 bits per heavy atom. The molecule has 0 bridgehead atoms. The normalized spacial score (nSPS) is 18.8. The predicted octanol–water partition coefficient (Wildman–Crippen LogP) is 12.6. The smallest absolute Gasteiger partial charge is 0.159 e. The van der Waals surface area contributed by atoms with Crippen LogP contribution >= 0.6 is 0 Å². The molecule has 0 spiro atoms. The molecule has 2 aliphatic heterocycles. The number of benzene rings is 7. The van der Waals surface area contributed by atoms with Crippen LogP contribution in [0.2, 0.25) is 0 Å². The summed E-state index contributed by atoms with van der Waals surface area (Å²) in [6.45, 7) is 0. The van der Waals surface area contributed by atoms with E-state index >= 15 is 0 Å². The van der Waals surface area contributed by atoms with Gasteiger partial charge in [0.1, 0.15) is 28.2 Å². The Morgan fingerprint density at radius 1 is 0.596 bits per heavy atom. The summed E-state index contributed by atoms with van der Waals surface area (Å²) in [5, 5.41) is 7.94. The van der Waals surface area contributed by atoms with Gasteiger partial charge in [0.05, 0.1) is 6.04 Å². The van der Waals surface area contributed by atoms with Crippen LogP contribution in [0.15, 0.2) is 189 Å². The first-order valence-electron chi connectivity index (χ1n) is 19.7. The second kappa shape index (κ2) is 12.7. The van der Waals surface area contributed by atoms with Crippen molar-refractivity contribution in [3.63, 3.8) is 0 Å². The van der Waals surface area contributed by atoms with E-state index in [1.165, 1.54) is 17.7 Å². The minimum Gasteiger partial charge on any atom is -0.456 e. The Bertz CT molecular complexity index is 3140. The molecule has 3 aliphatic rings. The highest BCUT2D eigenvalue weighted by Gasteiger charge is 2.38. The summed E-state index contributed by atoms with van der Waals surface area (Å²) in [6, 6.07) is 55.5. The van der Waals surface area contributed by atoms with Crippen molar-refractivity contribution in [1.29, 1.82) is 0 Å². The lowest BCUT2D eigenvalue weighted by atomic mass is 9.86. The summed E-state index contributed by atoms with van der Waals surface area (Å²) < 4.78 is 13.4. The van der Waals surface area contributed by atoms with Crippen LogP contribution < -0.4 is 10.2 Å². The third-order valence-electron chi connectivity index (χ3n) is 12.0. The molecule has 272 valence electrons. The summed E-state index contributed by atoms with van der Waals surface area (Å²) in [5.41, 5.74) is 12.5. The molecule has 0 radical (unpaired) electrons. The molecule has 0 amide bonds. The van der Waals surface area contributed by atoms with Crippen molar-refractivity contribution in [3.05, 3.63) is 192 Å². The number of anilines is 2. The molecule has 3 unspecified atom stereocenters. The lowest BCUT2D eigenvalue weighted by Crippen LogP contribution is -2.33. The van der Waals surface area contributed by atoms with E-state index in [1.54, 1.807) is 0 Å². The second-order valence-electron chi connectivity index (χ2n) is 15.2. The van der Waals surface area contributed by atoms with Gasteiger partial charge >= 0.3 is 0 Å². The number of nitrogens with one attached hydrogen (secondary N) is 1. The maximum Gasteiger partial charge on any atom is 0.159 e. The average Bonchev–Trinajstić information content (AvgIpc) is 3.96. The monoisotopic (exact) mass is 736 g/mol. The lowest BCUT2D eigenvalue weighted by Gasteiger charge is -2.30. The molecule has 57 heavy (non-hydrogen) atoms. The number of para-hydroxylation sites is 2. The van der Waals surface area contributed by atoms with Crippen LogP contribution in [0.5, 0.6) is 0 Å². The Morgan fingerprint density at radius 3 is 2.30 bits per heavy atom.